The number of rotatable bonds is 3. The van der Waals surface area contributed by atoms with Gasteiger partial charge in [0.05, 0.1) is 22.2 Å². The summed E-state index contributed by atoms with van der Waals surface area (Å²) in [4.78, 5) is 14.5. The van der Waals surface area contributed by atoms with Gasteiger partial charge in [-0.1, -0.05) is 0 Å². The number of hydrogen-bond donors (Lipinski definition) is 1. The van der Waals surface area contributed by atoms with Crippen LogP contribution in [0.4, 0.5) is 11.5 Å². The first-order valence-corrected chi connectivity index (χ1v) is 6.68. The highest BCUT2D eigenvalue weighted by Crippen LogP contribution is 2.38. The minimum Gasteiger partial charge on any atom is -0.367 e. The summed E-state index contributed by atoms with van der Waals surface area (Å²) in [7, 11) is 0. The van der Waals surface area contributed by atoms with Gasteiger partial charge in [0.25, 0.3) is 5.69 Å². The van der Waals surface area contributed by atoms with Gasteiger partial charge in [0.1, 0.15) is 12.0 Å². The maximum atomic E-state index is 10.8. The first-order valence-electron chi connectivity index (χ1n) is 6.68. The van der Waals surface area contributed by atoms with Crippen molar-refractivity contribution in [1.82, 2.24) is 4.98 Å². The fourth-order valence-corrected chi connectivity index (χ4v) is 2.78. The number of nitrogens with zero attached hydrogens (tertiary/aromatic N) is 2. The maximum absolute atomic E-state index is 10.8. The lowest BCUT2D eigenvalue weighted by Gasteiger charge is -2.28. The van der Waals surface area contributed by atoms with Crippen molar-refractivity contribution in [2.45, 2.75) is 58.3 Å². The van der Waals surface area contributed by atoms with E-state index in [2.05, 4.69) is 24.1 Å². The van der Waals surface area contributed by atoms with Gasteiger partial charge in [0.15, 0.2) is 0 Å². The van der Waals surface area contributed by atoms with Crippen LogP contribution in [0, 0.1) is 17.0 Å². The van der Waals surface area contributed by atoms with Crippen molar-refractivity contribution >= 4 is 11.5 Å². The summed E-state index contributed by atoms with van der Waals surface area (Å²) in [5.41, 5.74) is 0.152. The third-order valence-electron chi connectivity index (χ3n) is 3.68. The van der Waals surface area contributed by atoms with Crippen molar-refractivity contribution in [3.8, 4) is 0 Å². The van der Waals surface area contributed by atoms with Gasteiger partial charge in [0.2, 0.25) is 0 Å². The fraction of sp³-hybridized carbons (Fsp3) is 0.643. The van der Waals surface area contributed by atoms with Crippen LogP contribution in [0.25, 0.3) is 0 Å². The zero-order valence-electron chi connectivity index (χ0n) is 12.6. The summed E-state index contributed by atoms with van der Waals surface area (Å²) in [5, 5.41) is 14.1. The Morgan fingerprint density at radius 1 is 1.45 bits per heavy atom. The lowest BCUT2D eigenvalue weighted by Crippen LogP contribution is -2.38. The van der Waals surface area contributed by atoms with Crippen LogP contribution in [0.5, 0.6) is 0 Å². The molecule has 1 N–H and O–H groups in total. The highest BCUT2D eigenvalue weighted by molar-refractivity contribution is 5.47. The van der Waals surface area contributed by atoms with E-state index < -0.39 is 4.92 Å². The normalized spacial score (nSPS) is 23.6. The molecule has 0 aliphatic carbocycles. The van der Waals surface area contributed by atoms with E-state index in [1.54, 1.807) is 13.0 Å². The zero-order chi connectivity index (χ0) is 15.1. The molecular formula is C14H21N3O3. The van der Waals surface area contributed by atoms with Crippen molar-refractivity contribution in [3.63, 3.8) is 0 Å². The van der Waals surface area contributed by atoms with Gasteiger partial charge < -0.3 is 10.1 Å². The summed E-state index contributed by atoms with van der Waals surface area (Å²) in [5.74, 6) is 0.646. The van der Waals surface area contributed by atoms with E-state index in [1.165, 1.54) is 6.20 Å². The standard InChI is InChI=1S/C14H21N3O3/c1-9-6-12(15-8-10(9)17(18)19)16-11-7-13(2,3)20-14(11,4)5/h6,8,11H,7H2,1-5H3,(H,15,16). The third-order valence-corrected chi connectivity index (χ3v) is 3.68. The van der Waals surface area contributed by atoms with Crippen LogP contribution < -0.4 is 5.32 Å². The number of aryl methyl sites for hydroxylation is 1. The first-order chi connectivity index (χ1) is 9.11. The molecule has 1 aromatic heterocycles. The van der Waals surface area contributed by atoms with Crippen molar-refractivity contribution < 1.29 is 9.66 Å². The third kappa shape index (κ3) is 2.90. The Morgan fingerprint density at radius 3 is 2.55 bits per heavy atom. The highest BCUT2D eigenvalue weighted by atomic mass is 16.6. The molecule has 0 bridgehead atoms. The molecule has 1 atom stereocenters. The topological polar surface area (TPSA) is 77.3 Å². The van der Waals surface area contributed by atoms with E-state index in [-0.39, 0.29) is 22.9 Å². The van der Waals surface area contributed by atoms with E-state index in [1.807, 2.05) is 13.8 Å². The molecule has 1 aliphatic heterocycles. The smallest absolute Gasteiger partial charge is 0.290 e. The second-order valence-corrected chi connectivity index (χ2v) is 6.48. The number of ether oxygens (including phenoxy) is 1. The van der Waals surface area contributed by atoms with Crippen LogP contribution in [0.1, 0.15) is 39.7 Å². The zero-order valence-corrected chi connectivity index (χ0v) is 12.6. The van der Waals surface area contributed by atoms with Crippen LogP contribution >= 0.6 is 0 Å². The molecule has 1 aromatic rings. The van der Waals surface area contributed by atoms with Gasteiger partial charge in [0, 0.05) is 5.56 Å². The van der Waals surface area contributed by atoms with E-state index in [0.29, 0.717) is 11.4 Å². The number of nitro groups is 1. The Bertz CT molecular complexity index is 540. The summed E-state index contributed by atoms with van der Waals surface area (Å²) in [6.07, 6.45) is 2.16. The highest BCUT2D eigenvalue weighted by Gasteiger charge is 2.46. The van der Waals surface area contributed by atoms with Crippen LogP contribution in [0.15, 0.2) is 12.3 Å². The maximum Gasteiger partial charge on any atom is 0.290 e. The number of pyridine rings is 1. The minimum atomic E-state index is -0.419. The molecule has 0 spiro atoms. The summed E-state index contributed by atoms with van der Waals surface area (Å²) >= 11 is 0. The van der Waals surface area contributed by atoms with E-state index in [0.717, 1.165) is 6.42 Å². The van der Waals surface area contributed by atoms with Gasteiger partial charge in [-0.15, -0.1) is 0 Å². The predicted molar refractivity (Wildman–Crippen MR) is 76.9 cm³/mol. The van der Waals surface area contributed by atoms with E-state index >= 15 is 0 Å². The molecule has 1 aliphatic rings. The lowest BCUT2D eigenvalue weighted by atomic mass is 9.94. The van der Waals surface area contributed by atoms with Crippen LogP contribution in [0.3, 0.4) is 0 Å². The predicted octanol–water partition coefficient (Wildman–Crippen LogP) is 3.06. The largest absolute Gasteiger partial charge is 0.367 e. The first kappa shape index (κ1) is 14.7. The molecule has 0 saturated carbocycles. The Kier molecular flexibility index (Phi) is 3.46. The minimum absolute atomic E-state index is 0.0396. The molecule has 6 nitrogen and oxygen atoms in total. The lowest BCUT2D eigenvalue weighted by molar-refractivity contribution is -0.385. The molecule has 2 rings (SSSR count). The Labute approximate surface area is 118 Å². The van der Waals surface area contributed by atoms with Gasteiger partial charge in [-0.25, -0.2) is 4.98 Å². The van der Waals surface area contributed by atoms with Crippen LogP contribution in [-0.4, -0.2) is 27.2 Å². The Balaban J connectivity index is 2.19. The molecule has 2 heterocycles. The van der Waals surface area contributed by atoms with Crippen molar-refractivity contribution in [3.05, 3.63) is 27.9 Å². The van der Waals surface area contributed by atoms with Gasteiger partial charge in [-0.05, 0) is 47.1 Å². The average molecular weight is 279 g/mol. The molecule has 1 fully saturated rings. The molecule has 1 saturated heterocycles. The van der Waals surface area contributed by atoms with E-state index in [4.69, 9.17) is 4.74 Å². The molecule has 110 valence electrons. The number of anilines is 1. The van der Waals surface area contributed by atoms with Gasteiger partial charge >= 0.3 is 0 Å². The van der Waals surface area contributed by atoms with E-state index in [9.17, 15) is 10.1 Å². The summed E-state index contributed by atoms with van der Waals surface area (Å²) in [6.45, 7) is 9.91. The summed E-state index contributed by atoms with van der Waals surface area (Å²) < 4.78 is 6.01. The Hall–Kier alpha value is -1.69. The van der Waals surface area contributed by atoms with Crippen molar-refractivity contribution in [1.29, 1.82) is 0 Å². The van der Waals surface area contributed by atoms with Crippen molar-refractivity contribution in [2.75, 3.05) is 5.32 Å². The summed E-state index contributed by atoms with van der Waals surface area (Å²) in [6, 6.07) is 1.82. The van der Waals surface area contributed by atoms with Crippen LogP contribution in [-0.2, 0) is 4.74 Å². The molecule has 1 unspecified atom stereocenters. The molecule has 0 amide bonds. The number of aromatic nitrogens is 1. The molecular weight excluding hydrogens is 258 g/mol. The molecule has 0 radical (unpaired) electrons. The monoisotopic (exact) mass is 279 g/mol. The van der Waals surface area contributed by atoms with Crippen molar-refractivity contribution in [2.24, 2.45) is 0 Å². The van der Waals surface area contributed by atoms with Gasteiger partial charge in [-0.2, -0.15) is 0 Å². The number of nitrogens with one attached hydrogen (secondary N) is 1. The van der Waals surface area contributed by atoms with Crippen LogP contribution in [0.2, 0.25) is 0 Å². The van der Waals surface area contributed by atoms with Gasteiger partial charge in [-0.3, -0.25) is 10.1 Å². The quantitative estimate of drug-likeness (QED) is 0.679. The second-order valence-electron chi connectivity index (χ2n) is 6.48. The fourth-order valence-electron chi connectivity index (χ4n) is 2.78. The second kappa shape index (κ2) is 4.70. The Morgan fingerprint density at radius 2 is 2.10 bits per heavy atom. The molecule has 0 aromatic carbocycles. The number of hydrogen-bond acceptors (Lipinski definition) is 5. The SMILES string of the molecule is Cc1cc(NC2CC(C)(C)OC2(C)C)ncc1[N+](=O)[O-]. The molecule has 20 heavy (non-hydrogen) atoms. The molecule has 6 heteroatoms. The average Bonchev–Trinajstić information content (AvgIpc) is 2.45.